The van der Waals surface area contributed by atoms with Crippen molar-refractivity contribution < 1.29 is 4.79 Å². The van der Waals surface area contributed by atoms with Crippen LogP contribution in [0.15, 0.2) is 60.7 Å². The van der Waals surface area contributed by atoms with Gasteiger partial charge in [-0.1, -0.05) is 30.3 Å². The fourth-order valence-corrected chi connectivity index (χ4v) is 3.40. The van der Waals surface area contributed by atoms with Crippen molar-refractivity contribution in [2.75, 3.05) is 5.32 Å². The molecule has 2 aromatic heterocycles. The smallest absolute Gasteiger partial charge is 0.257 e. The molecule has 0 aliphatic carbocycles. The average Bonchev–Trinajstić information content (AvgIpc) is 2.98. The number of carbonyl (C=O) groups excluding carboxylic acids is 1. The lowest BCUT2D eigenvalue weighted by molar-refractivity contribution is 0.102. The van der Waals surface area contributed by atoms with Crippen LogP contribution >= 0.6 is 0 Å². The van der Waals surface area contributed by atoms with E-state index in [1.54, 1.807) is 0 Å². The van der Waals surface area contributed by atoms with E-state index in [0.29, 0.717) is 12.1 Å². The molecule has 0 unspecified atom stereocenters. The molecule has 4 rings (SSSR count). The number of aryl methyl sites for hydroxylation is 3. The van der Waals surface area contributed by atoms with Gasteiger partial charge in [-0.15, -0.1) is 0 Å². The number of fused-ring (bicyclic) bond motifs is 1. The van der Waals surface area contributed by atoms with Gasteiger partial charge in [0.25, 0.3) is 5.91 Å². The fourth-order valence-electron chi connectivity index (χ4n) is 3.40. The van der Waals surface area contributed by atoms with Gasteiger partial charge < -0.3 is 5.32 Å². The van der Waals surface area contributed by atoms with Gasteiger partial charge in [-0.3, -0.25) is 14.5 Å². The second kappa shape index (κ2) is 7.27. The Bertz CT molecular complexity index is 1180. The van der Waals surface area contributed by atoms with Gasteiger partial charge in [-0.05, 0) is 56.7 Å². The standard InChI is InChI=1S/C23H22N4O/c1-15-11-16(2)27(26-15)14-18-7-6-9-20(12-18)25-23(28)21-13-19-8-4-5-10-22(19)24-17(21)3/h4-13H,14H2,1-3H3,(H,25,28). The maximum Gasteiger partial charge on any atom is 0.257 e. The van der Waals surface area contributed by atoms with Crippen LogP contribution in [0, 0.1) is 20.8 Å². The second-order valence-electron chi connectivity index (χ2n) is 7.05. The van der Waals surface area contributed by atoms with E-state index in [2.05, 4.69) is 21.5 Å². The third-order valence-corrected chi connectivity index (χ3v) is 4.78. The summed E-state index contributed by atoms with van der Waals surface area (Å²) in [6.45, 7) is 6.56. The van der Waals surface area contributed by atoms with Crippen LogP contribution in [-0.2, 0) is 6.54 Å². The SMILES string of the molecule is Cc1cc(C)n(Cc2cccc(NC(=O)c3cc4ccccc4nc3C)c2)n1. The molecule has 0 bridgehead atoms. The van der Waals surface area contributed by atoms with Crippen LogP contribution in [0.4, 0.5) is 5.69 Å². The molecule has 0 fully saturated rings. The zero-order valence-corrected chi connectivity index (χ0v) is 16.2. The van der Waals surface area contributed by atoms with Crippen molar-refractivity contribution in [3.63, 3.8) is 0 Å². The quantitative estimate of drug-likeness (QED) is 0.568. The zero-order chi connectivity index (χ0) is 19.7. The molecule has 140 valence electrons. The van der Waals surface area contributed by atoms with Crippen LogP contribution in [0.5, 0.6) is 0 Å². The van der Waals surface area contributed by atoms with E-state index in [1.165, 1.54) is 0 Å². The Labute approximate surface area is 164 Å². The molecular formula is C23H22N4O. The number of para-hydroxylation sites is 1. The normalized spacial score (nSPS) is 11.0. The van der Waals surface area contributed by atoms with Crippen molar-refractivity contribution in [1.29, 1.82) is 0 Å². The highest BCUT2D eigenvalue weighted by Gasteiger charge is 2.12. The number of hydrogen-bond acceptors (Lipinski definition) is 3. The first-order valence-corrected chi connectivity index (χ1v) is 9.27. The largest absolute Gasteiger partial charge is 0.322 e. The maximum atomic E-state index is 12.8. The number of carbonyl (C=O) groups is 1. The molecule has 0 spiro atoms. The van der Waals surface area contributed by atoms with E-state index in [9.17, 15) is 4.79 Å². The minimum Gasteiger partial charge on any atom is -0.322 e. The van der Waals surface area contributed by atoms with E-state index in [1.807, 2.05) is 80.1 Å². The van der Waals surface area contributed by atoms with Crippen molar-refractivity contribution in [1.82, 2.24) is 14.8 Å². The maximum absolute atomic E-state index is 12.8. The topological polar surface area (TPSA) is 59.8 Å². The highest BCUT2D eigenvalue weighted by atomic mass is 16.1. The van der Waals surface area contributed by atoms with E-state index < -0.39 is 0 Å². The molecule has 0 saturated heterocycles. The van der Waals surface area contributed by atoms with Crippen molar-refractivity contribution >= 4 is 22.5 Å². The Balaban J connectivity index is 1.57. The summed E-state index contributed by atoms with van der Waals surface area (Å²) in [4.78, 5) is 17.4. The van der Waals surface area contributed by atoms with Gasteiger partial charge in [-0.2, -0.15) is 5.10 Å². The summed E-state index contributed by atoms with van der Waals surface area (Å²) >= 11 is 0. The monoisotopic (exact) mass is 370 g/mol. The van der Waals surface area contributed by atoms with Crippen LogP contribution < -0.4 is 5.32 Å². The average molecular weight is 370 g/mol. The highest BCUT2D eigenvalue weighted by Crippen LogP contribution is 2.19. The van der Waals surface area contributed by atoms with Crippen LogP contribution in [0.3, 0.4) is 0 Å². The summed E-state index contributed by atoms with van der Waals surface area (Å²) < 4.78 is 1.97. The lowest BCUT2D eigenvalue weighted by Crippen LogP contribution is -2.14. The Morgan fingerprint density at radius 2 is 1.82 bits per heavy atom. The van der Waals surface area contributed by atoms with Crippen molar-refractivity contribution in [2.24, 2.45) is 0 Å². The number of pyridine rings is 1. The molecule has 0 radical (unpaired) electrons. The number of amides is 1. The Morgan fingerprint density at radius 3 is 2.61 bits per heavy atom. The molecule has 28 heavy (non-hydrogen) atoms. The minimum atomic E-state index is -0.154. The first kappa shape index (κ1) is 17.9. The van der Waals surface area contributed by atoms with Gasteiger partial charge in [0, 0.05) is 16.8 Å². The third kappa shape index (κ3) is 3.64. The van der Waals surface area contributed by atoms with Gasteiger partial charge in [0.2, 0.25) is 0 Å². The second-order valence-corrected chi connectivity index (χ2v) is 7.05. The summed E-state index contributed by atoms with van der Waals surface area (Å²) in [6.07, 6.45) is 0. The Kier molecular flexibility index (Phi) is 4.65. The van der Waals surface area contributed by atoms with Crippen molar-refractivity contribution in [2.45, 2.75) is 27.3 Å². The summed E-state index contributed by atoms with van der Waals surface area (Å²) in [5.74, 6) is -0.154. The number of nitrogens with zero attached hydrogens (tertiary/aromatic N) is 3. The zero-order valence-electron chi connectivity index (χ0n) is 16.2. The molecule has 2 aromatic carbocycles. The number of rotatable bonds is 4. The van der Waals surface area contributed by atoms with Gasteiger partial charge in [0.05, 0.1) is 29.0 Å². The summed E-state index contributed by atoms with van der Waals surface area (Å²) in [7, 11) is 0. The van der Waals surface area contributed by atoms with Crippen molar-refractivity contribution in [3.8, 4) is 0 Å². The predicted octanol–water partition coefficient (Wildman–Crippen LogP) is 4.66. The first-order chi connectivity index (χ1) is 13.5. The van der Waals surface area contributed by atoms with E-state index in [-0.39, 0.29) is 5.91 Å². The highest BCUT2D eigenvalue weighted by molar-refractivity contribution is 6.06. The van der Waals surface area contributed by atoms with Crippen LogP contribution in [0.2, 0.25) is 0 Å². The van der Waals surface area contributed by atoms with E-state index >= 15 is 0 Å². The number of anilines is 1. The lowest BCUT2D eigenvalue weighted by Gasteiger charge is -2.11. The minimum absolute atomic E-state index is 0.154. The molecule has 0 saturated carbocycles. The lowest BCUT2D eigenvalue weighted by atomic mass is 10.1. The molecular weight excluding hydrogens is 348 g/mol. The molecule has 0 aliphatic heterocycles. The van der Waals surface area contributed by atoms with Gasteiger partial charge in [-0.25, -0.2) is 0 Å². The molecule has 5 heteroatoms. The molecule has 1 N–H and O–H groups in total. The molecule has 0 atom stereocenters. The van der Waals surface area contributed by atoms with Crippen LogP contribution in [0.25, 0.3) is 10.9 Å². The van der Waals surface area contributed by atoms with Gasteiger partial charge >= 0.3 is 0 Å². The Hall–Kier alpha value is -3.47. The fraction of sp³-hybridized carbons (Fsp3) is 0.174. The number of benzene rings is 2. The number of hydrogen-bond donors (Lipinski definition) is 1. The van der Waals surface area contributed by atoms with E-state index in [4.69, 9.17) is 0 Å². The number of aromatic nitrogens is 3. The summed E-state index contributed by atoms with van der Waals surface area (Å²) in [5.41, 5.74) is 6.15. The number of nitrogens with one attached hydrogen (secondary N) is 1. The Morgan fingerprint density at radius 1 is 1.00 bits per heavy atom. The van der Waals surface area contributed by atoms with Gasteiger partial charge in [0.15, 0.2) is 0 Å². The molecule has 5 nitrogen and oxygen atoms in total. The molecule has 2 heterocycles. The van der Waals surface area contributed by atoms with Crippen LogP contribution in [-0.4, -0.2) is 20.7 Å². The molecule has 4 aromatic rings. The van der Waals surface area contributed by atoms with E-state index in [0.717, 1.165) is 39.2 Å². The first-order valence-electron chi connectivity index (χ1n) is 9.27. The third-order valence-electron chi connectivity index (χ3n) is 4.78. The van der Waals surface area contributed by atoms with Crippen molar-refractivity contribution in [3.05, 3.63) is 88.9 Å². The summed E-state index contributed by atoms with van der Waals surface area (Å²) in [6, 6.07) is 19.6. The van der Waals surface area contributed by atoms with Crippen LogP contribution in [0.1, 0.15) is 33.0 Å². The van der Waals surface area contributed by atoms with Gasteiger partial charge in [0.1, 0.15) is 0 Å². The molecule has 0 aliphatic rings. The summed E-state index contributed by atoms with van der Waals surface area (Å²) in [5, 5.41) is 8.46. The molecule has 1 amide bonds. The predicted molar refractivity (Wildman–Crippen MR) is 112 cm³/mol.